The van der Waals surface area contributed by atoms with Gasteiger partial charge in [-0.05, 0) is 30.9 Å². The van der Waals surface area contributed by atoms with E-state index in [4.69, 9.17) is 0 Å². The van der Waals surface area contributed by atoms with Crippen molar-refractivity contribution in [3.05, 3.63) is 34.9 Å². The van der Waals surface area contributed by atoms with E-state index in [0.29, 0.717) is 0 Å². The Kier molecular flexibility index (Phi) is 5.35. The molecule has 2 aromatic heterocycles. The molecule has 2 rings (SSSR count). The van der Waals surface area contributed by atoms with Crippen molar-refractivity contribution in [1.82, 2.24) is 24.9 Å². The second-order valence-corrected chi connectivity index (χ2v) is 5.14. The van der Waals surface area contributed by atoms with Gasteiger partial charge >= 0.3 is 0 Å². The maximum Gasteiger partial charge on any atom is 0.0896 e. The van der Waals surface area contributed by atoms with E-state index in [9.17, 15) is 0 Å². The van der Waals surface area contributed by atoms with Crippen LogP contribution in [0.5, 0.6) is 0 Å². The highest BCUT2D eigenvalue weighted by Crippen LogP contribution is 2.26. The van der Waals surface area contributed by atoms with Gasteiger partial charge in [-0.1, -0.05) is 24.8 Å². The quantitative estimate of drug-likeness (QED) is 0.841. The molecule has 0 amide bonds. The van der Waals surface area contributed by atoms with E-state index in [-0.39, 0.29) is 6.04 Å². The fraction of sp³-hybridized carbons (Fsp3) is 0.538. The first kappa shape index (κ1) is 14.0. The molecule has 2 heterocycles. The average Bonchev–Trinajstić information content (AvgIpc) is 2.89. The Balaban J connectivity index is 2.29. The van der Waals surface area contributed by atoms with Gasteiger partial charge in [-0.2, -0.15) is 0 Å². The number of aromatic nitrogens is 4. The summed E-state index contributed by atoms with van der Waals surface area (Å²) in [4.78, 5) is 9.74. The van der Waals surface area contributed by atoms with Crippen LogP contribution in [0.3, 0.4) is 0 Å². The highest BCUT2D eigenvalue weighted by Gasteiger charge is 2.21. The normalized spacial score (nSPS) is 12.5. The molecule has 19 heavy (non-hydrogen) atoms. The predicted molar refractivity (Wildman–Crippen MR) is 76.1 cm³/mol. The molecule has 0 bridgehead atoms. The molecule has 0 aliphatic rings. The van der Waals surface area contributed by atoms with Crippen LogP contribution in [0.1, 0.15) is 49.0 Å². The lowest BCUT2D eigenvalue weighted by atomic mass is 10.1. The van der Waals surface area contributed by atoms with Crippen LogP contribution < -0.4 is 5.32 Å². The summed E-state index contributed by atoms with van der Waals surface area (Å²) in [5.74, 6) is 0. The first-order chi connectivity index (χ1) is 9.36. The van der Waals surface area contributed by atoms with Crippen LogP contribution in [0.15, 0.2) is 18.6 Å². The number of nitrogens with one attached hydrogen (secondary N) is 1. The topological polar surface area (TPSA) is 63.6 Å². The zero-order chi connectivity index (χ0) is 13.5. The number of nitrogens with zero attached hydrogens (tertiary/aromatic N) is 4. The van der Waals surface area contributed by atoms with E-state index in [2.05, 4.69) is 38.7 Å². The molecule has 0 aromatic carbocycles. The van der Waals surface area contributed by atoms with Crippen molar-refractivity contribution in [1.29, 1.82) is 0 Å². The summed E-state index contributed by atoms with van der Waals surface area (Å²) >= 11 is 1.45. The molecule has 2 aromatic rings. The minimum absolute atomic E-state index is 0.0511. The molecule has 0 radical (unpaired) electrons. The van der Waals surface area contributed by atoms with Gasteiger partial charge in [0.1, 0.15) is 0 Å². The number of aryl methyl sites for hydroxylation is 1. The molecule has 0 fully saturated rings. The summed E-state index contributed by atoms with van der Waals surface area (Å²) in [6, 6.07) is 0.0511. The fourth-order valence-electron chi connectivity index (χ4n) is 1.92. The highest BCUT2D eigenvalue weighted by molar-refractivity contribution is 7.05. The third-order valence-electron chi connectivity index (χ3n) is 2.81. The van der Waals surface area contributed by atoms with E-state index in [1.165, 1.54) is 11.5 Å². The lowest BCUT2D eigenvalue weighted by molar-refractivity contribution is 0.585. The molecule has 0 aliphatic carbocycles. The van der Waals surface area contributed by atoms with Gasteiger partial charge in [0, 0.05) is 12.4 Å². The van der Waals surface area contributed by atoms with Crippen LogP contribution in [-0.2, 0) is 6.42 Å². The summed E-state index contributed by atoms with van der Waals surface area (Å²) in [6.07, 6.45) is 8.33. The molecule has 0 saturated carbocycles. The Morgan fingerprint density at radius 1 is 1.26 bits per heavy atom. The molecule has 1 unspecified atom stereocenters. The molecule has 5 nitrogen and oxygen atoms in total. The summed E-state index contributed by atoms with van der Waals surface area (Å²) in [5.41, 5.74) is 2.01. The smallest absolute Gasteiger partial charge is 0.0896 e. The molecule has 1 atom stereocenters. The Morgan fingerprint density at radius 2 is 2.16 bits per heavy atom. The van der Waals surface area contributed by atoms with Gasteiger partial charge in [0.25, 0.3) is 0 Å². The van der Waals surface area contributed by atoms with Gasteiger partial charge in [-0.15, -0.1) is 5.10 Å². The van der Waals surface area contributed by atoms with Crippen LogP contribution in [0, 0.1) is 0 Å². The van der Waals surface area contributed by atoms with E-state index in [0.717, 1.165) is 42.1 Å². The first-order valence-electron chi connectivity index (χ1n) is 6.67. The van der Waals surface area contributed by atoms with Crippen molar-refractivity contribution in [3.8, 4) is 0 Å². The minimum atomic E-state index is 0.0511. The molecular formula is C13H19N5S. The summed E-state index contributed by atoms with van der Waals surface area (Å²) in [5, 5.41) is 7.76. The van der Waals surface area contributed by atoms with E-state index in [1.807, 2.05) is 6.20 Å². The number of hydrogen-bond acceptors (Lipinski definition) is 6. The zero-order valence-electron chi connectivity index (χ0n) is 11.3. The third-order valence-corrected chi connectivity index (χ3v) is 3.64. The fourth-order valence-corrected chi connectivity index (χ4v) is 2.71. The summed E-state index contributed by atoms with van der Waals surface area (Å²) < 4.78 is 4.10. The number of rotatable bonds is 7. The standard InChI is InChI=1S/C13H19N5S/c1-3-5-10-13(19-18-17-10)12(16-6-4-2)11-9-14-7-8-15-11/h7-9,12,16H,3-6H2,1-2H3. The van der Waals surface area contributed by atoms with Gasteiger partial charge in [0.15, 0.2) is 0 Å². The van der Waals surface area contributed by atoms with Crippen molar-refractivity contribution in [2.45, 2.75) is 39.2 Å². The Morgan fingerprint density at radius 3 is 2.84 bits per heavy atom. The Labute approximate surface area is 117 Å². The van der Waals surface area contributed by atoms with E-state index in [1.54, 1.807) is 12.4 Å². The van der Waals surface area contributed by atoms with Gasteiger partial charge in [0.2, 0.25) is 0 Å². The van der Waals surface area contributed by atoms with Crippen molar-refractivity contribution >= 4 is 11.5 Å². The second-order valence-electron chi connectivity index (χ2n) is 4.35. The highest BCUT2D eigenvalue weighted by atomic mass is 32.1. The van der Waals surface area contributed by atoms with Crippen molar-refractivity contribution in [2.24, 2.45) is 0 Å². The van der Waals surface area contributed by atoms with Crippen molar-refractivity contribution in [2.75, 3.05) is 6.54 Å². The predicted octanol–water partition coefficient (Wildman–Crippen LogP) is 2.37. The van der Waals surface area contributed by atoms with Crippen molar-refractivity contribution in [3.63, 3.8) is 0 Å². The average molecular weight is 277 g/mol. The van der Waals surface area contributed by atoms with Gasteiger partial charge in [-0.25, -0.2) is 0 Å². The maximum absolute atomic E-state index is 4.42. The second kappa shape index (κ2) is 7.25. The molecular weight excluding hydrogens is 258 g/mol. The molecule has 1 N–H and O–H groups in total. The van der Waals surface area contributed by atoms with Gasteiger partial charge in [0.05, 0.1) is 28.5 Å². The lowest BCUT2D eigenvalue weighted by Crippen LogP contribution is -2.24. The third kappa shape index (κ3) is 3.54. The van der Waals surface area contributed by atoms with E-state index < -0.39 is 0 Å². The molecule has 6 heteroatoms. The summed E-state index contributed by atoms with van der Waals surface area (Å²) in [7, 11) is 0. The SMILES string of the molecule is CCCNC(c1cnccn1)c1snnc1CCC. The van der Waals surface area contributed by atoms with Crippen LogP contribution in [-0.4, -0.2) is 26.1 Å². The van der Waals surface area contributed by atoms with Crippen LogP contribution >= 0.6 is 11.5 Å². The largest absolute Gasteiger partial charge is 0.304 e. The lowest BCUT2D eigenvalue weighted by Gasteiger charge is -2.16. The summed E-state index contributed by atoms with van der Waals surface area (Å²) in [6.45, 7) is 5.24. The van der Waals surface area contributed by atoms with Crippen molar-refractivity contribution < 1.29 is 0 Å². The minimum Gasteiger partial charge on any atom is -0.304 e. The Bertz CT molecular complexity index is 485. The van der Waals surface area contributed by atoms with Gasteiger partial charge in [-0.3, -0.25) is 9.97 Å². The van der Waals surface area contributed by atoms with Crippen LogP contribution in [0.4, 0.5) is 0 Å². The molecule has 102 valence electrons. The first-order valence-corrected chi connectivity index (χ1v) is 7.44. The maximum atomic E-state index is 4.42. The zero-order valence-corrected chi connectivity index (χ0v) is 12.2. The Hall–Kier alpha value is -1.40. The van der Waals surface area contributed by atoms with Crippen LogP contribution in [0.2, 0.25) is 0 Å². The molecule has 0 spiro atoms. The van der Waals surface area contributed by atoms with Gasteiger partial charge < -0.3 is 5.32 Å². The van der Waals surface area contributed by atoms with E-state index >= 15 is 0 Å². The number of hydrogen-bond donors (Lipinski definition) is 1. The van der Waals surface area contributed by atoms with Crippen LogP contribution in [0.25, 0.3) is 0 Å². The monoisotopic (exact) mass is 277 g/mol. The molecule has 0 aliphatic heterocycles. The molecule has 0 saturated heterocycles.